The largest absolute Gasteiger partial charge is 0.421 e. The number of alkyl halides is 3. The second-order valence-electron chi connectivity index (χ2n) is 7.48. The van der Waals surface area contributed by atoms with Crippen molar-refractivity contribution in [3.63, 3.8) is 0 Å². The van der Waals surface area contributed by atoms with E-state index in [0.717, 1.165) is 30.0 Å². The molecule has 2 aromatic rings. The van der Waals surface area contributed by atoms with Gasteiger partial charge in [0.15, 0.2) is 5.60 Å². The summed E-state index contributed by atoms with van der Waals surface area (Å²) in [6, 6.07) is 9.59. The average Bonchev–Trinajstić information content (AvgIpc) is 2.67. The topological polar surface area (TPSA) is 60.9 Å². The smallest absolute Gasteiger partial charge is 0.376 e. The van der Waals surface area contributed by atoms with Gasteiger partial charge in [-0.1, -0.05) is 12.1 Å². The summed E-state index contributed by atoms with van der Waals surface area (Å²) >= 11 is 0. The predicted molar refractivity (Wildman–Crippen MR) is 104 cm³/mol. The minimum atomic E-state index is -4.89. The number of sulfonamides is 1. The maximum absolute atomic E-state index is 13.1. The van der Waals surface area contributed by atoms with Gasteiger partial charge in [-0.25, -0.2) is 12.8 Å². The summed E-state index contributed by atoms with van der Waals surface area (Å²) in [5.41, 5.74) is -2.74. The highest BCUT2D eigenvalue weighted by molar-refractivity contribution is 7.89. The number of rotatable bonds is 4. The van der Waals surface area contributed by atoms with Gasteiger partial charge in [-0.3, -0.25) is 0 Å². The quantitative estimate of drug-likeness (QED) is 0.731. The van der Waals surface area contributed by atoms with Crippen molar-refractivity contribution in [3.05, 3.63) is 59.9 Å². The van der Waals surface area contributed by atoms with Crippen molar-refractivity contribution in [3.8, 4) is 0 Å². The standard InChI is InChI=1S/C20H22F4N2O3S/c1-14-13-25(17-7-5-16(21)6-8-17)11-12-26(14)30(28,29)18-9-3-15(4-10-18)19(2,27)20(22,23)24/h3-10,14,27H,11-13H2,1-2H3/t14-,19+/m1/s1. The molecule has 1 aliphatic heterocycles. The van der Waals surface area contributed by atoms with Crippen LogP contribution in [0, 0.1) is 5.82 Å². The van der Waals surface area contributed by atoms with E-state index in [4.69, 9.17) is 0 Å². The molecule has 5 nitrogen and oxygen atoms in total. The highest BCUT2D eigenvalue weighted by Crippen LogP contribution is 2.38. The van der Waals surface area contributed by atoms with Gasteiger partial charge in [-0.05, 0) is 55.8 Å². The van der Waals surface area contributed by atoms with Crippen LogP contribution in [0.4, 0.5) is 23.2 Å². The third-order valence-electron chi connectivity index (χ3n) is 5.33. The SMILES string of the molecule is C[C@@H]1CN(c2ccc(F)cc2)CCN1S(=O)(=O)c1ccc([C@](C)(O)C(F)(F)F)cc1. The van der Waals surface area contributed by atoms with Crippen molar-refractivity contribution in [1.29, 1.82) is 0 Å². The molecule has 0 radical (unpaired) electrons. The van der Waals surface area contributed by atoms with Gasteiger partial charge in [-0.15, -0.1) is 0 Å². The van der Waals surface area contributed by atoms with Gasteiger partial charge in [0.2, 0.25) is 10.0 Å². The van der Waals surface area contributed by atoms with Gasteiger partial charge < -0.3 is 10.0 Å². The van der Waals surface area contributed by atoms with Crippen LogP contribution < -0.4 is 4.90 Å². The van der Waals surface area contributed by atoms with Crippen LogP contribution in [0.15, 0.2) is 53.4 Å². The molecule has 0 saturated carbocycles. The van der Waals surface area contributed by atoms with Crippen LogP contribution in [0.1, 0.15) is 19.4 Å². The van der Waals surface area contributed by atoms with Crippen LogP contribution in [0.2, 0.25) is 0 Å². The van der Waals surface area contributed by atoms with Crippen LogP contribution in [-0.2, 0) is 15.6 Å². The van der Waals surface area contributed by atoms with E-state index in [-0.39, 0.29) is 17.3 Å². The number of anilines is 1. The lowest BCUT2D eigenvalue weighted by Crippen LogP contribution is -2.54. The zero-order valence-electron chi connectivity index (χ0n) is 16.4. The predicted octanol–water partition coefficient (Wildman–Crippen LogP) is 3.49. The van der Waals surface area contributed by atoms with Crippen molar-refractivity contribution in [2.75, 3.05) is 24.5 Å². The Hall–Kier alpha value is -2.17. The minimum Gasteiger partial charge on any atom is -0.376 e. The molecular weight excluding hydrogens is 424 g/mol. The van der Waals surface area contributed by atoms with E-state index < -0.39 is 33.4 Å². The second-order valence-corrected chi connectivity index (χ2v) is 9.37. The van der Waals surface area contributed by atoms with Gasteiger partial charge in [0, 0.05) is 31.4 Å². The summed E-state index contributed by atoms with van der Waals surface area (Å²) in [6.45, 7) is 3.29. The van der Waals surface area contributed by atoms with E-state index in [2.05, 4.69) is 0 Å². The first-order valence-electron chi connectivity index (χ1n) is 9.26. The monoisotopic (exact) mass is 446 g/mol. The van der Waals surface area contributed by atoms with E-state index in [1.54, 1.807) is 19.1 Å². The first kappa shape index (κ1) is 22.5. The lowest BCUT2D eigenvalue weighted by Gasteiger charge is -2.40. The van der Waals surface area contributed by atoms with Crippen molar-refractivity contribution in [2.24, 2.45) is 0 Å². The van der Waals surface area contributed by atoms with Gasteiger partial charge in [0.05, 0.1) is 4.90 Å². The van der Waals surface area contributed by atoms with Crippen LogP contribution in [0.3, 0.4) is 0 Å². The molecule has 0 unspecified atom stereocenters. The van der Waals surface area contributed by atoms with Gasteiger partial charge in [0.1, 0.15) is 5.82 Å². The van der Waals surface area contributed by atoms with Crippen molar-refractivity contribution in [1.82, 2.24) is 4.31 Å². The Morgan fingerprint density at radius 2 is 1.57 bits per heavy atom. The summed E-state index contributed by atoms with van der Waals surface area (Å²) < 4.78 is 79.4. The number of hydrogen-bond acceptors (Lipinski definition) is 4. The third kappa shape index (κ3) is 4.17. The number of hydrogen-bond donors (Lipinski definition) is 1. The number of nitrogens with zero attached hydrogens (tertiary/aromatic N) is 2. The van der Waals surface area contributed by atoms with Gasteiger partial charge in [-0.2, -0.15) is 17.5 Å². The van der Waals surface area contributed by atoms with E-state index in [1.165, 1.54) is 16.4 Å². The molecule has 10 heteroatoms. The molecule has 0 aliphatic carbocycles. The lowest BCUT2D eigenvalue weighted by atomic mass is 9.96. The maximum atomic E-state index is 13.1. The molecule has 0 bridgehead atoms. The first-order chi connectivity index (χ1) is 13.8. The molecule has 1 N–H and O–H groups in total. The first-order valence-corrected chi connectivity index (χ1v) is 10.7. The van der Waals surface area contributed by atoms with Crippen molar-refractivity contribution < 1.29 is 31.1 Å². The van der Waals surface area contributed by atoms with Gasteiger partial charge in [0.25, 0.3) is 0 Å². The zero-order valence-corrected chi connectivity index (χ0v) is 17.2. The average molecular weight is 446 g/mol. The van der Waals surface area contributed by atoms with E-state index in [1.807, 2.05) is 4.90 Å². The molecule has 1 saturated heterocycles. The molecule has 2 atom stereocenters. The molecule has 3 rings (SSSR count). The van der Waals surface area contributed by atoms with Crippen molar-refractivity contribution >= 4 is 15.7 Å². The summed E-state index contributed by atoms with van der Waals surface area (Å²) in [5.74, 6) is -0.360. The van der Waals surface area contributed by atoms with E-state index in [0.29, 0.717) is 20.0 Å². The Kier molecular flexibility index (Phi) is 5.87. The summed E-state index contributed by atoms with van der Waals surface area (Å²) in [5, 5.41) is 9.75. The minimum absolute atomic E-state index is 0.147. The molecule has 1 aliphatic rings. The van der Waals surface area contributed by atoms with E-state index >= 15 is 0 Å². The fraction of sp³-hybridized carbons (Fsp3) is 0.400. The molecule has 0 amide bonds. The van der Waals surface area contributed by atoms with Crippen molar-refractivity contribution in [2.45, 2.75) is 36.6 Å². The summed E-state index contributed by atoms with van der Waals surface area (Å²) in [6.07, 6.45) is -4.89. The van der Waals surface area contributed by atoms with Crippen LogP contribution in [-0.4, -0.2) is 49.7 Å². The summed E-state index contributed by atoms with van der Waals surface area (Å²) in [7, 11) is -3.94. The van der Waals surface area contributed by atoms with Gasteiger partial charge >= 0.3 is 6.18 Å². The molecule has 164 valence electrons. The Bertz CT molecular complexity index is 990. The van der Waals surface area contributed by atoms with Crippen LogP contribution >= 0.6 is 0 Å². The Morgan fingerprint density at radius 3 is 2.07 bits per heavy atom. The normalized spacial score (nSPS) is 20.8. The maximum Gasteiger partial charge on any atom is 0.421 e. The fourth-order valence-corrected chi connectivity index (χ4v) is 5.05. The molecule has 1 heterocycles. The van der Waals surface area contributed by atoms with E-state index in [9.17, 15) is 31.1 Å². The number of halogens is 4. The van der Waals surface area contributed by atoms with Crippen LogP contribution in [0.5, 0.6) is 0 Å². The molecular formula is C20H22F4N2O3S. The third-order valence-corrected chi connectivity index (χ3v) is 7.36. The molecule has 2 aromatic carbocycles. The fourth-order valence-electron chi connectivity index (χ4n) is 3.43. The Labute approximate surface area is 172 Å². The lowest BCUT2D eigenvalue weighted by molar-refractivity contribution is -0.258. The molecule has 0 aromatic heterocycles. The second kappa shape index (κ2) is 7.82. The van der Waals surface area contributed by atoms with Crippen LogP contribution in [0.25, 0.3) is 0 Å². The zero-order chi connectivity index (χ0) is 22.3. The Morgan fingerprint density at radius 1 is 1.00 bits per heavy atom. The molecule has 1 fully saturated rings. The number of aliphatic hydroxyl groups is 1. The number of benzene rings is 2. The highest BCUT2D eigenvalue weighted by atomic mass is 32.2. The number of piperazine rings is 1. The summed E-state index contributed by atoms with van der Waals surface area (Å²) in [4.78, 5) is 1.80. The molecule has 0 spiro atoms. The highest BCUT2D eigenvalue weighted by Gasteiger charge is 2.51. The molecule has 30 heavy (non-hydrogen) atoms. The Balaban J connectivity index is 1.78.